The number of hydrogen-bond donors (Lipinski definition) is 2. The van der Waals surface area contributed by atoms with Crippen molar-refractivity contribution >= 4 is 35.5 Å². The number of nitrogens with zero attached hydrogens (tertiary/aromatic N) is 1. The van der Waals surface area contributed by atoms with Crippen LogP contribution in [0, 0.1) is 13.8 Å². The van der Waals surface area contributed by atoms with E-state index in [-0.39, 0.29) is 12.3 Å². The summed E-state index contributed by atoms with van der Waals surface area (Å²) in [5, 5.41) is 5.17. The first kappa shape index (κ1) is 20.7. The molecule has 0 unspecified atom stereocenters. The Kier molecular flexibility index (Phi) is 6.03. The third kappa shape index (κ3) is 4.77. The van der Waals surface area contributed by atoms with Crippen LogP contribution in [0.5, 0.6) is 0 Å². The van der Waals surface area contributed by atoms with Crippen molar-refractivity contribution in [2.45, 2.75) is 39.5 Å². The highest BCUT2D eigenvalue weighted by Crippen LogP contribution is 2.19. The first-order valence-electron chi connectivity index (χ1n) is 10.7. The zero-order valence-electron chi connectivity index (χ0n) is 17.9. The number of amides is 3. The van der Waals surface area contributed by atoms with Gasteiger partial charge in [0.05, 0.1) is 5.69 Å². The van der Waals surface area contributed by atoms with Crippen LogP contribution >= 0.6 is 0 Å². The highest BCUT2D eigenvalue weighted by Gasteiger charge is 2.23. The quantitative estimate of drug-likeness (QED) is 0.659. The van der Waals surface area contributed by atoms with E-state index in [0.717, 1.165) is 34.9 Å². The molecule has 0 atom stereocenters. The lowest BCUT2D eigenvalue weighted by Gasteiger charge is -2.22. The van der Waals surface area contributed by atoms with Gasteiger partial charge in [-0.2, -0.15) is 0 Å². The van der Waals surface area contributed by atoms with Crippen LogP contribution in [-0.2, 0) is 11.2 Å². The van der Waals surface area contributed by atoms with E-state index in [1.54, 1.807) is 0 Å². The summed E-state index contributed by atoms with van der Waals surface area (Å²) < 4.78 is 0. The number of aromatic nitrogens is 1. The van der Waals surface area contributed by atoms with E-state index in [9.17, 15) is 9.59 Å². The van der Waals surface area contributed by atoms with E-state index in [2.05, 4.69) is 22.5 Å². The molecule has 0 radical (unpaired) electrons. The highest BCUT2D eigenvalue weighted by molar-refractivity contribution is 6.18. The van der Waals surface area contributed by atoms with Gasteiger partial charge >= 0.3 is 6.03 Å². The fourth-order valence-electron chi connectivity index (χ4n) is 3.80. The number of carbonyl (C=O) groups excluding carboxylic acids is 2. The third-order valence-electron chi connectivity index (χ3n) is 5.56. The third-order valence-corrected chi connectivity index (χ3v) is 5.56. The topological polar surface area (TPSA) is 65.2 Å². The SMILES string of the molecule is Cc1ccc(NC(=O)N(C(=O)CCc2c[nH]c3c2=CCCC=3)c2ccc(C)cc2)cc1. The minimum absolute atomic E-state index is 0.233. The number of H-pyrrole nitrogens is 1. The molecule has 5 nitrogen and oxygen atoms in total. The van der Waals surface area contributed by atoms with Crippen LogP contribution < -0.4 is 20.8 Å². The standard InChI is InChI=1S/C26H27N3O2/c1-18-7-12-21(13-8-18)28-26(31)29(22-14-9-19(2)10-15-22)25(30)16-11-20-17-27-24-6-4-3-5-23(20)24/h5-10,12-15,17,27H,3-4,11,16H2,1-2H3,(H,28,31). The average molecular weight is 414 g/mol. The fourth-order valence-corrected chi connectivity index (χ4v) is 3.80. The van der Waals surface area contributed by atoms with Gasteiger partial charge in [-0.1, -0.05) is 47.5 Å². The molecule has 0 fully saturated rings. The van der Waals surface area contributed by atoms with Crippen molar-refractivity contribution in [2.24, 2.45) is 0 Å². The lowest BCUT2D eigenvalue weighted by molar-refractivity contribution is -0.117. The number of aryl methyl sites for hydroxylation is 3. The number of fused-ring (bicyclic) bond motifs is 1. The number of carbonyl (C=O) groups is 2. The van der Waals surface area contributed by atoms with Crippen molar-refractivity contribution in [1.29, 1.82) is 0 Å². The Balaban J connectivity index is 1.55. The smallest absolute Gasteiger partial charge is 0.333 e. The van der Waals surface area contributed by atoms with Crippen molar-refractivity contribution in [3.05, 3.63) is 82.0 Å². The van der Waals surface area contributed by atoms with Gasteiger partial charge in [-0.25, -0.2) is 9.69 Å². The van der Waals surface area contributed by atoms with Crippen molar-refractivity contribution in [3.63, 3.8) is 0 Å². The molecule has 1 heterocycles. The molecular formula is C26H27N3O2. The molecule has 1 aliphatic carbocycles. The molecule has 1 aromatic heterocycles. The number of benzene rings is 2. The molecule has 158 valence electrons. The molecule has 0 spiro atoms. The molecule has 31 heavy (non-hydrogen) atoms. The van der Waals surface area contributed by atoms with Gasteiger partial charge in [-0.05, 0) is 68.2 Å². The van der Waals surface area contributed by atoms with Crippen LogP contribution in [0.2, 0.25) is 0 Å². The van der Waals surface area contributed by atoms with Crippen LogP contribution in [0.3, 0.4) is 0 Å². The fraction of sp³-hybridized carbons (Fsp3) is 0.231. The number of urea groups is 1. The van der Waals surface area contributed by atoms with Gasteiger partial charge < -0.3 is 10.3 Å². The van der Waals surface area contributed by atoms with Gasteiger partial charge in [0.1, 0.15) is 0 Å². The molecule has 0 saturated carbocycles. The van der Waals surface area contributed by atoms with Crippen LogP contribution in [-0.4, -0.2) is 16.9 Å². The van der Waals surface area contributed by atoms with Gasteiger partial charge in [0.25, 0.3) is 0 Å². The second-order valence-corrected chi connectivity index (χ2v) is 7.99. The van der Waals surface area contributed by atoms with E-state index >= 15 is 0 Å². The molecule has 0 aliphatic heterocycles. The summed E-state index contributed by atoms with van der Waals surface area (Å²) in [4.78, 5) is 30.8. The summed E-state index contributed by atoms with van der Waals surface area (Å²) in [6.07, 6.45) is 9.25. The van der Waals surface area contributed by atoms with Gasteiger partial charge in [-0.15, -0.1) is 0 Å². The van der Waals surface area contributed by atoms with E-state index in [4.69, 9.17) is 0 Å². The van der Waals surface area contributed by atoms with E-state index in [1.807, 2.05) is 68.6 Å². The predicted molar refractivity (Wildman–Crippen MR) is 125 cm³/mol. The second-order valence-electron chi connectivity index (χ2n) is 7.99. The molecule has 2 N–H and O–H groups in total. The molecule has 0 bridgehead atoms. The maximum Gasteiger partial charge on any atom is 0.333 e. The molecule has 1 aliphatic rings. The summed E-state index contributed by atoms with van der Waals surface area (Å²) in [5.41, 5.74) is 4.51. The average Bonchev–Trinajstić information content (AvgIpc) is 3.19. The normalized spacial score (nSPS) is 12.3. The highest BCUT2D eigenvalue weighted by atomic mass is 16.2. The van der Waals surface area contributed by atoms with E-state index in [1.165, 1.54) is 10.1 Å². The maximum absolute atomic E-state index is 13.2. The summed E-state index contributed by atoms with van der Waals surface area (Å²) in [5.74, 6) is -0.233. The predicted octanol–water partition coefficient (Wildman–Crippen LogP) is 4.18. The number of hydrogen-bond acceptors (Lipinski definition) is 2. The number of aromatic amines is 1. The molecule has 0 saturated heterocycles. The second kappa shape index (κ2) is 9.04. The first-order valence-corrected chi connectivity index (χ1v) is 10.7. The zero-order chi connectivity index (χ0) is 21.8. The Bertz CT molecular complexity index is 1210. The summed E-state index contributed by atoms with van der Waals surface area (Å²) in [7, 11) is 0. The Morgan fingerprint density at radius 2 is 1.58 bits per heavy atom. The Labute approximate surface area is 182 Å². The summed E-state index contributed by atoms with van der Waals surface area (Å²) in [6, 6.07) is 14.5. The van der Waals surface area contributed by atoms with Crippen molar-refractivity contribution < 1.29 is 9.59 Å². The van der Waals surface area contributed by atoms with E-state index < -0.39 is 6.03 Å². The van der Waals surface area contributed by atoms with Crippen molar-refractivity contribution in [2.75, 3.05) is 10.2 Å². The molecular weight excluding hydrogens is 386 g/mol. The molecule has 2 aromatic carbocycles. The van der Waals surface area contributed by atoms with Gasteiger partial charge in [-0.3, -0.25) is 4.79 Å². The minimum Gasteiger partial charge on any atom is -0.361 e. The van der Waals surface area contributed by atoms with Gasteiger partial charge in [0.15, 0.2) is 0 Å². The van der Waals surface area contributed by atoms with E-state index in [0.29, 0.717) is 17.8 Å². The van der Waals surface area contributed by atoms with Gasteiger partial charge in [0, 0.05) is 23.7 Å². The van der Waals surface area contributed by atoms with Crippen molar-refractivity contribution in [3.8, 4) is 0 Å². The Hall–Kier alpha value is -3.60. The van der Waals surface area contributed by atoms with Crippen LogP contribution in [0.4, 0.5) is 16.2 Å². The number of rotatable bonds is 5. The molecule has 3 aromatic rings. The van der Waals surface area contributed by atoms with Crippen molar-refractivity contribution in [1.82, 2.24) is 4.98 Å². The van der Waals surface area contributed by atoms with Crippen LogP contribution in [0.15, 0.2) is 54.7 Å². The minimum atomic E-state index is -0.450. The lowest BCUT2D eigenvalue weighted by atomic mass is 10.1. The maximum atomic E-state index is 13.2. The largest absolute Gasteiger partial charge is 0.361 e. The Morgan fingerprint density at radius 3 is 2.29 bits per heavy atom. The summed E-state index contributed by atoms with van der Waals surface area (Å²) in [6.45, 7) is 3.97. The lowest BCUT2D eigenvalue weighted by Crippen LogP contribution is -2.40. The monoisotopic (exact) mass is 413 g/mol. The zero-order valence-corrected chi connectivity index (χ0v) is 17.9. The number of nitrogens with one attached hydrogen (secondary N) is 2. The van der Waals surface area contributed by atoms with Crippen LogP contribution in [0.1, 0.15) is 36.0 Å². The number of imide groups is 1. The Morgan fingerprint density at radius 1 is 0.935 bits per heavy atom. The first-order chi connectivity index (χ1) is 15.0. The molecule has 3 amide bonds. The van der Waals surface area contributed by atoms with Gasteiger partial charge in [0.2, 0.25) is 5.91 Å². The molecule has 5 heteroatoms. The number of anilines is 2. The van der Waals surface area contributed by atoms with Crippen LogP contribution in [0.25, 0.3) is 12.2 Å². The molecule has 4 rings (SSSR count). The summed E-state index contributed by atoms with van der Waals surface area (Å²) >= 11 is 0.